The number of ether oxygens (including phenoxy) is 1. The first-order valence-electron chi connectivity index (χ1n) is 6.29. The zero-order valence-corrected chi connectivity index (χ0v) is 13.9. The van der Waals surface area contributed by atoms with E-state index in [0.29, 0.717) is 11.1 Å². The molecule has 0 aromatic carbocycles. The van der Waals surface area contributed by atoms with Gasteiger partial charge < -0.3 is 4.74 Å². The van der Waals surface area contributed by atoms with Crippen LogP contribution in [0, 0.1) is 9.49 Å². The number of nitrogens with zero attached hydrogens (tertiary/aromatic N) is 2. The van der Waals surface area contributed by atoms with Gasteiger partial charge >= 0.3 is 0 Å². The fourth-order valence-corrected chi connectivity index (χ4v) is 2.83. The van der Waals surface area contributed by atoms with Crippen LogP contribution in [0.2, 0.25) is 5.15 Å². The Bertz CT molecular complexity index is 445. The fraction of sp³-hybridized carbons (Fsp3) is 0.692. The van der Waals surface area contributed by atoms with Gasteiger partial charge in [-0.25, -0.2) is 9.97 Å². The molecule has 3 nitrogen and oxygen atoms in total. The molecule has 0 amide bonds. The van der Waals surface area contributed by atoms with Gasteiger partial charge in [0.05, 0.1) is 9.26 Å². The average molecular weight is 381 g/mol. The second-order valence-electron chi connectivity index (χ2n) is 5.38. The summed E-state index contributed by atoms with van der Waals surface area (Å²) in [5, 5.41) is 0.549. The van der Waals surface area contributed by atoms with Crippen molar-refractivity contribution in [1.82, 2.24) is 9.97 Å². The third kappa shape index (κ3) is 2.96. The molecule has 0 saturated carbocycles. The molecule has 0 bridgehead atoms. The van der Waals surface area contributed by atoms with E-state index < -0.39 is 0 Å². The molecule has 2 heterocycles. The topological polar surface area (TPSA) is 35.0 Å². The normalized spacial score (nSPS) is 23.9. The lowest BCUT2D eigenvalue weighted by molar-refractivity contribution is 0.00909. The Morgan fingerprint density at radius 2 is 2.17 bits per heavy atom. The molecule has 1 unspecified atom stereocenters. The molecule has 1 aromatic rings. The lowest BCUT2D eigenvalue weighted by atomic mass is 10.0. The van der Waals surface area contributed by atoms with Gasteiger partial charge in [0.25, 0.3) is 0 Å². The van der Waals surface area contributed by atoms with Gasteiger partial charge in [-0.1, -0.05) is 25.4 Å². The minimum absolute atomic E-state index is 0.361. The van der Waals surface area contributed by atoms with E-state index in [2.05, 4.69) is 48.3 Å². The number of halogens is 2. The SMILES string of the molecule is CC(C)Cc1nc(C2(C)CCCO2)nc(Cl)c1I. The Balaban J connectivity index is 2.40. The molecular weight excluding hydrogens is 363 g/mol. The Kier molecular flexibility index (Phi) is 4.49. The molecule has 1 aromatic heterocycles. The van der Waals surface area contributed by atoms with Crippen LogP contribution in [0.15, 0.2) is 0 Å². The Hall–Kier alpha value is 0.0600. The van der Waals surface area contributed by atoms with Crippen molar-refractivity contribution < 1.29 is 4.74 Å². The van der Waals surface area contributed by atoms with Crippen LogP contribution in [0.1, 0.15) is 45.1 Å². The molecule has 1 aliphatic rings. The van der Waals surface area contributed by atoms with Crippen molar-refractivity contribution in [3.05, 3.63) is 20.2 Å². The molecule has 0 spiro atoms. The molecular formula is C13H18ClIN2O. The third-order valence-corrected chi connectivity index (χ3v) is 4.90. The molecule has 0 radical (unpaired) electrons. The standard InChI is InChI=1S/C13H18ClIN2O/c1-8(2)7-9-10(15)11(14)17-12(16-9)13(3)5-4-6-18-13/h8H,4-7H2,1-3H3. The summed E-state index contributed by atoms with van der Waals surface area (Å²) in [7, 11) is 0. The maximum atomic E-state index is 6.23. The van der Waals surface area contributed by atoms with Crippen molar-refractivity contribution in [2.75, 3.05) is 6.61 Å². The highest BCUT2D eigenvalue weighted by atomic mass is 127. The predicted molar refractivity (Wildman–Crippen MR) is 80.8 cm³/mol. The predicted octanol–water partition coefficient (Wildman–Crippen LogP) is 3.96. The van der Waals surface area contributed by atoms with Crippen LogP contribution >= 0.6 is 34.2 Å². The molecule has 0 N–H and O–H groups in total. The van der Waals surface area contributed by atoms with Gasteiger partial charge in [0.15, 0.2) is 5.82 Å². The molecule has 2 rings (SSSR count). The van der Waals surface area contributed by atoms with E-state index in [0.717, 1.165) is 41.0 Å². The molecule has 5 heteroatoms. The zero-order chi connectivity index (χ0) is 13.3. The highest BCUT2D eigenvalue weighted by Crippen LogP contribution is 2.35. The molecule has 1 saturated heterocycles. The van der Waals surface area contributed by atoms with Crippen molar-refractivity contribution in [3.8, 4) is 0 Å². The van der Waals surface area contributed by atoms with Crippen LogP contribution in [-0.4, -0.2) is 16.6 Å². The van der Waals surface area contributed by atoms with Crippen LogP contribution < -0.4 is 0 Å². The summed E-state index contributed by atoms with van der Waals surface area (Å²) in [5.41, 5.74) is 0.678. The number of hydrogen-bond donors (Lipinski definition) is 0. The summed E-state index contributed by atoms with van der Waals surface area (Å²) >= 11 is 8.45. The van der Waals surface area contributed by atoms with Crippen LogP contribution in [0.5, 0.6) is 0 Å². The second kappa shape index (κ2) is 5.59. The van der Waals surface area contributed by atoms with Crippen molar-refractivity contribution >= 4 is 34.2 Å². The van der Waals surface area contributed by atoms with Crippen molar-refractivity contribution in [3.63, 3.8) is 0 Å². The summed E-state index contributed by atoms with van der Waals surface area (Å²) in [4.78, 5) is 9.12. The molecule has 100 valence electrons. The van der Waals surface area contributed by atoms with Crippen molar-refractivity contribution in [1.29, 1.82) is 0 Å². The molecule has 18 heavy (non-hydrogen) atoms. The van der Waals surface area contributed by atoms with Gasteiger partial charge in [-0.3, -0.25) is 0 Å². The Labute approximate surface area is 127 Å². The van der Waals surface area contributed by atoms with Crippen LogP contribution in [0.25, 0.3) is 0 Å². The maximum absolute atomic E-state index is 6.23. The maximum Gasteiger partial charge on any atom is 0.161 e. The van der Waals surface area contributed by atoms with E-state index in [1.54, 1.807) is 0 Å². The highest BCUT2D eigenvalue weighted by molar-refractivity contribution is 14.1. The first kappa shape index (κ1) is 14.5. The largest absolute Gasteiger partial charge is 0.367 e. The van der Waals surface area contributed by atoms with Crippen LogP contribution in [0.3, 0.4) is 0 Å². The van der Waals surface area contributed by atoms with Gasteiger partial charge in [0.1, 0.15) is 10.8 Å². The van der Waals surface area contributed by atoms with Crippen LogP contribution in [0.4, 0.5) is 0 Å². The summed E-state index contributed by atoms with van der Waals surface area (Å²) in [6, 6.07) is 0. The average Bonchev–Trinajstić information content (AvgIpc) is 2.72. The summed E-state index contributed by atoms with van der Waals surface area (Å²) in [6.45, 7) is 7.19. The summed E-state index contributed by atoms with van der Waals surface area (Å²) < 4.78 is 6.76. The number of aromatic nitrogens is 2. The van der Waals surface area contributed by atoms with E-state index in [9.17, 15) is 0 Å². The van der Waals surface area contributed by atoms with E-state index in [1.165, 1.54) is 0 Å². The lowest BCUT2D eigenvalue weighted by Gasteiger charge is -2.22. The fourth-order valence-electron chi connectivity index (χ4n) is 2.18. The van der Waals surface area contributed by atoms with Crippen molar-refractivity contribution in [2.45, 2.75) is 45.6 Å². The minimum atomic E-state index is -0.361. The van der Waals surface area contributed by atoms with Gasteiger partial charge in [0, 0.05) is 6.61 Å². The molecule has 1 aliphatic heterocycles. The first-order chi connectivity index (χ1) is 8.42. The van der Waals surface area contributed by atoms with Crippen LogP contribution in [-0.2, 0) is 16.8 Å². The monoisotopic (exact) mass is 380 g/mol. The van der Waals surface area contributed by atoms with Crippen molar-refractivity contribution in [2.24, 2.45) is 5.92 Å². The zero-order valence-electron chi connectivity index (χ0n) is 11.0. The van der Waals surface area contributed by atoms with Gasteiger partial charge in [-0.2, -0.15) is 0 Å². The molecule has 1 atom stereocenters. The number of hydrogen-bond acceptors (Lipinski definition) is 3. The van der Waals surface area contributed by atoms with E-state index in [1.807, 2.05) is 0 Å². The smallest absolute Gasteiger partial charge is 0.161 e. The molecule has 1 fully saturated rings. The van der Waals surface area contributed by atoms with Gasteiger partial charge in [0.2, 0.25) is 0 Å². The lowest BCUT2D eigenvalue weighted by Crippen LogP contribution is -2.25. The quantitative estimate of drug-likeness (QED) is 0.588. The van der Waals surface area contributed by atoms with E-state index in [4.69, 9.17) is 21.3 Å². The van der Waals surface area contributed by atoms with E-state index in [-0.39, 0.29) is 5.60 Å². The Morgan fingerprint density at radius 1 is 1.44 bits per heavy atom. The number of rotatable bonds is 3. The molecule has 0 aliphatic carbocycles. The minimum Gasteiger partial charge on any atom is -0.367 e. The first-order valence-corrected chi connectivity index (χ1v) is 7.74. The van der Waals surface area contributed by atoms with Gasteiger partial charge in [-0.15, -0.1) is 0 Å². The highest BCUT2D eigenvalue weighted by Gasteiger charge is 2.35. The van der Waals surface area contributed by atoms with Gasteiger partial charge in [-0.05, 0) is 54.7 Å². The summed E-state index contributed by atoms with van der Waals surface area (Å²) in [6.07, 6.45) is 2.94. The second-order valence-corrected chi connectivity index (χ2v) is 6.82. The Morgan fingerprint density at radius 3 is 2.72 bits per heavy atom. The van der Waals surface area contributed by atoms with E-state index >= 15 is 0 Å². The third-order valence-electron chi connectivity index (χ3n) is 3.17. The summed E-state index contributed by atoms with van der Waals surface area (Å²) in [5.74, 6) is 1.29.